The van der Waals surface area contributed by atoms with Crippen LogP contribution in [0.2, 0.25) is 0 Å². The fraction of sp³-hybridized carbons (Fsp3) is 0.312. The third kappa shape index (κ3) is 2.31. The van der Waals surface area contributed by atoms with E-state index in [4.69, 9.17) is 4.74 Å². The van der Waals surface area contributed by atoms with Gasteiger partial charge in [0.15, 0.2) is 4.96 Å². The van der Waals surface area contributed by atoms with Gasteiger partial charge in [-0.3, -0.25) is 4.40 Å². The summed E-state index contributed by atoms with van der Waals surface area (Å²) in [7, 11) is 0. The fourth-order valence-electron chi connectivity index (χ4n) is 2.33. The predicted octanol–water partition coefficient (Wildman–Crippen LogP) is 4.41. The van der Waals surface area contributed by atoms with E-state index in [1.54, 1.807) is 11.3 Å². The van der Waals surface area contributed by atoms with Crippen LogP contribution in [0.1, 0.15) is 25.6 Å². The van der Waals surface area contributed by atoms with Crippen LogP contribution in [-0.2, 0) is 6.42 Å². The molecule has 20 heavy (non-hydrogen) atoms. The highest BCUT2D eigenvalue weighted by Crippen LogP contribution is 2.32. The summed E-state index contributed by atoms with van der Waals surface area (Å²) in [5.74, 6) is 0.916. The van der Waals surface area contributed by atoms with Gasteiger partial charge in [-0.15, -0.1) is 11.3 Å². The lowest BCUT2D eigenvalue weighted by Gasteiger charge is -2.10. The van der Waals surface area contributed by atoms with E-state index in [-0.39, 0.29) is 6.10 Å². The molecule has 0 bridgehead atoms. The highest BCUT2D eigenvalue weighted by atomic mass is 32.1. The first-order chi connectivity index (χ1) is 9.69. The van der Waals surface area contributed by atoms with Gasteiger partial charge in [0.1, 0.15) is 5.75 Å². The van der Waals surface area contributed by atoms with Crippen LogP contribution in [0.4, 0.5) is 0 Å². The second-order valence-electron chi connectivity index (χ2n) is 5.00. The Kier molecular flexibility index (Phi) is 3.49. The van der Waals surface area contributed by atoms with E-state index in [9.17, 15) is 0 Å². The number of hydrogen-bond donors (Lipinski definition) is 0. The van der Waals surface area contributed by atoms with Crippen molar-refractivity contribution in [3.05, 3.63) is 41.5 Å². The van der Waals surface area contributed by atoms with Crippen molar-refractivity contribution < 1.29 is 4.74 Å². The van der Waals surface area contributed by atoms with E-state index in [0.29, 0.717) is 0 Å². The number of hydrogen-bond acceptors (Lipinski definition) is 3. The molecule has 0 radical (unpaired) electrons. The standard InChI is InChI=1S/C16H18N2OS/c1-4-14-15(18-10-9-17-16(18)20-14)12-5-7-13(8-6-12)19-11(2)3/h5-11H,4H2,1-3H3. The Hall–Kier alpha value is -1.81. The lowest BCUT2D eigenvalue weighted by atomic mass is 10.1. The van der Waals surface area contributed by atoms with Crippen LogP contribution in [-0.4, -0.2) is 15.5 Å². The van der Waals surface area contributed by atoms with Crippen LogP contribution in [0.3, 0.4) is 0 Å². The molecule has 0 amide bonds. The molecule has 0 saturated heterocycles. The number of benzene rings is 1. The minimum Gasteiger partial charge on any atom is -0.491 e. The first-order valence-corrected chi connectivity index (χ1v) is 7.72. The average molecular weight is 286 g/mol. The molecule has 3 nitrogen and oxygen atoms in total. The van der Waals surface area contributed by atoms with E-state index >= 15 is 0 Å². The number of nitrogens with zero attached hydrogens (tertiary/aromatic N) is 2. The van der Waals surface area contributed by atoms with Crippen molar-refractivity contribution in [3.63, 3.8) is 0 Å². The van der Waals surface area contributed by atoms with E-state index in [1.165, 1.54) is 16.1 Å². The van der Waals surface area contributed by atoms with E-state index in [0.717, 1.165) is 17.1 Å². The number of aromatic nitrogens is 2. The second kappa shape index (κ2) is 5.29. The molecule has 2 heterocycles. The van der Waals surface area contributed by atoms with Gasteiger partial charge in [0.25, 0.3) is 0 Å². The average Bonchev–Trinajstić information content (AvgIpc) is 2.99. The van der Waals surface area contributed by atoms with Crippen molar-refractivity contribution in [2.75, 3.05) is 0 Å². The van der Waals surface area contributed by atoms with Gasteiger partial charge in [-0.2, -0.15) is 0 Å². The summed E-state index contributed by atoms with van der Waals surface area (Å²) in [6.45, 7) is 6.26. The smallest absolute Gasteiger partial charge is 0.194 e. The van der Waals surface area contributed by atoms with Crippen molar-refractivity contribution in [2.24, 2.45) is 0 Å². The van der Waals surface area contributed by atoms with Gasteiger partial charge in [-0.25, -0.2) is 4.98 Å². The number of aryl methyl sites for hydroxylation is 1. The SMILES string of the molecule is CCc1sc2nccn2c1-c1ccc(OC(C)C)cc1. The third-order valence-electron chi connectivity index (χ3n) is 3.15. The normalized spacial score (nSPS) is 11.4. The van der Waals surface area contributed by atoms with Crippen LogP contribution in [0.25, 0.3) is 16.2 Å². The summed E-state index contributed by atoms with van der Waals surface area (Å²) in [4.78, 5) is 6.81. The van der Waals surface area contributed by atoms with Gasteiger partial charge < -0.3 is 4.74 Å². The summed E-state index contributed by atoms with van der Waals surface area (Å²) in [5, 5.41) is 0. The molecule has 0 N–H and O–H groups in total. The zero-order chi connectivity index (χ0) is 14.1. The zero-order valence-corrected chi connectivity index (χ0v) is 12.8. The van der Waals surface area contributed by atoms with Crippen LogP contribution in [0.15, 0.2) is 36.7 Å². The lowest BCUT2D eigenvalue weighted by Crippen LogP contribution is -2.05. The predicted molar refractivity (Wildman–Crippen MR) is 83.6 cm³/mol. The van der Waals surface area contributed by atoms with Gasteiger partial charge in [0, 0.05) is 17.3 Å². The van der Waals surface area contributed by atoms with Gasteiger partial charge in [0.05, 0.1) is 11.8 Å². The molecule has 0 unspecified atom stereocenters. The summed E-state index contributed by atoms with van der Waals surface area (Å²) < 4.78 is 7.87. The molecular formula is C16H18N2OS. The van der Waals surface area contributed by atoms with Crippen LogP contribution >= 0.6 is 11.3 Å². The van der Waals surface area contributed by atoms with E-state index in [1.807, 2.05) is 38.4 Å². The quantitative estimate of drug-likeness (QED) is 0.710. The molecular weight excluding hydrogens is 268 g/mol. The largest absolute Gasteiger partial charge is 0.491 e. The molecule has 3 rings (SSSR count). The summed E-state index contributed by atoms with van der Waals surface area (Å²) >= 11 is 1.76. The number of fused-ring (bicyclic) bond motifs is 1. The maximum absolute atomic E-state index is 5.70. The minimum atomic E-state index is 0.202. The highest BCUT2D eigenvalue weighted by molar-refractivity contribution is 7.17. The molecule has 1 aromatic carbocycles. The number of thiazole rings is 1. The van der Waals surface area contributed by atoms with Gasteiger partial charge >= 0.3 is 0 Å². The Balaban J connectivity index is 2.03. The van der Waals surface area contributed by atoms with Crippen molar-refractivity contribution in [2.45, 2.75) is 33.3 Å². The van der Waals surface area contributed by atoms with E-state index < -0.39 is 0 Å². The summed E-state index contributed by atoms with van der Waals surface area (Å²) in [6, 6.07) is 8.32. The maximum Gasteiger partial charge on any atom is 0.194 e. The first-order valence-electron chi connectivity index (χ1n) is 6.91. The monoisotopic (exact) mass is 286 g/mol. The molecule has 0 fully saturated rings. The number of imidazole rings is 1. The molecule has 0 atom stereocenters. The van der Waals surface area contributed by atoms with Gasteiger partial charge in [0.2, 0.25) is 0 Å². The molecule has 0 aliphatic rings. The molecule has 2 aromatic heterocycles. The lowest BCUT2D eigenvalue weighted by molar-refractivity contribution is 0.242. The Morgan fingerprint density at radius 2 is 2.00 bits per heavy atom. The molecule has 104 valence electrons. The van der Waals surface area contributed by atoms with Crippen molar-refractivity contribution >= 4 is 16.3 Å². The first kappa shape index (κ1) is 13.2. The highest BCUT2D eigenvalue weighted by Gasteiger charge is 2.13. The fourth-order valence-corrected chi connectivity index (χ4v) is 3.37. The molecule has 0 saturated carbocycles. The summed E-state index contributed by atoms with van der Waals surface area (Å²) in [5.41, 5.74) is 2.46. The van der Waals surface area contributed by atoms with Crippen LogP contribution in [0, 0.1) is 0 Å². The molecule has 3 aromatic rings. The molecule has 0 aliphatic heterocycles. The van der Waals surface area contributed by atoms with Crippen molar-refractivity contribution in [1.29, 1.82) is 0 Å². The third-order valence-corrected chi connectivity index (χ3v) is 4.36. The van der Waals surface area contributed by atoms with Gasteiger partial charge in [-0.05, 0) is 50.1 Å². The van der Waals surface area contributed by atoms with Crippen LogP contribution in [0.5, 0.6) is 5.75 Å². The van der Waals surface area contributed by atoms with Gasteiger partial charge in [-0.1, -0.05) is 6.92 Å². The molecule has 0 spiro atoms. The Morgan fingerprint density at radius 3 is 2.65 bits per heavy atom. The molecule has 0 aliphatic carbocycles. The second-order valence-corrected chi connectivity index (χ2v) is 6.06. The zero-order valence-electron chi connectivity index (χ0n) is 12.0. The topological polar surface area (TPSA) is 26.5 Å². The maximum atomic E-state index is 5.70. The molecule has 4 heteroatoms. The number of rotatable bonds is 4. The number of ether oxygens (including phenoxy) is 1. The minimum absolute atomic E-state index is 0.202. The van der Waals surface area contributed by atoms with Crippen molar-refractivity contribution in [3.8, 4) is 17.0 Å². The Labute approximate surface area is 122 Å². The summed E-state index contributed by atoms with van der Waals surface area (Å²) in [6.07, 6.45) is 5.10. The Bertz CT molecular complexity index is 710. The van der Waals surface area contributed by atoms with Crippen LogP contribution < -0.4 is 4.74 Å². The van der Waals surface area contributed by atoms with E-state index in [2.05, 4.69) is 28.4 Å². The Morgan fingerprint density at radius 1 is 1.25 bits per heavy atom. The van der Waals surface area contributed by atoms with Crippen molar-refractivity contribution in [1.82, 2.24) is 9.38 Å².